The summed E-state index contributed by atoms with van der Waals surface area (Å²) >= 11 is 0. The van der Waals surface area contributed by atoms with E-state index >= 15 is 0 Å². The van der Waals surface area contributed by atoms with E-state index in [0.29, 0.717) is 34.4 Å². The van der Waals surface area contributed by atoms with Gasteiger partial charge >= 0.3 is 0 Å². The second-order valence-corrected chi connectivity index (χ2v) is 8.40. The predicted molar refractivity (Wildman–Crippen MR) is 132 cm³/mol. The highest BCUT2D eigenvalue weighted by atomic mass is 16.5. The number of ether oxygens (including phenoxy) is 1. The average molecular weight is 469 g/mol. The van der Waals surface area contributed by atoms with Gasteiger partial charge in [0.25, 0.3) is 5.89 Å². The molecular weight excluding hydrogens is 444 g/mol. The molecule has 5 rings (SSSR count). The molecular formula is C27H24N4O4. The van der Waals surface area contributed by atoms with E-state index in [9.17, 15) is 9.59 Å². The van der Waals surface area contributed by atoms with Gasteiger partial charge in [-0.15, -0.1) is 0 Å². The third-order valence-corrected chi connectivity index (χ3v) is 6.02. The zero-order valence-corrected chi connectivity index (χ0v) is 19.4. The number of para-hydroxylation sites is 3. The van der Waals surface area contributed by atoms with E-state index in [0.717, 1.165) is 11.1 Å². The molecule has 4 aromatic rings. The van der Waals surface area contributed by atoms with Crippen LogP contribution < -0.4 is 15.0 Å². The van der Waals surface area contributed by atoms with E-state index in [1.807, 2.05) is 67.6 Å². The van der Waals surface area contributed by atoms with Crippen LogP contribution >= 0.6 is 0 Å². The number of amides is 2. The van der Waals surface area contributed by atoms with Crippen LogP contribution in [0.25, 0.3) is 22.8 Å². The van der Waals surface area contributed by atoms with Crippen molar-refractivity contribution in [1.82, 2.24) is 10.1 Å². The lowest BCUT2D eigenvalue weighted by Gasteiger charge is -2.19. The molecule has 1 unspecified atom stereocenters. The van der Waals surface area contributed by atoms with Crippen LogP contribution in [-0.4, -0.2) is 35.6 Å². The lowest BCUT2D eigenvalue weighted by Crippen LogP contribution is -2.28. The zero-order chi connectivity index (χ0) is 24.4. The SMILES string of the molecule is COc1ccccc1N1CC(C(=O)Nc2ccccc2-c2nc(-c3ccc(C)cc3)no2)CC1=O. The fraction of sp³-hybridized carbons (Fsp3) is 0.185. The predicted octanol–water partition coefficient (Wildman–Crippen LogP) is 4.71. The summed E-state index contributed by atoms with van der Waals surface area (Å²) in [5.41, 5.74) is 3.79. The van der Waals surface area contributed by atoms with Gasteiger partial charge in [0.1, 0.15) is 5.75 Å². The Morgan fingerprint density at radius 2 is 1.80 bits per heavy atom. The maximum Gasteiger partial charge on any atom is 0.260 e. The summed E-state index contributed by atoms with van der Waals surface area (Å²) in [4.78, 5) is 32.0. The fourth-order valence-corrected chi connectivity index (χ4v) is 4.13. The number of carbonyl (C=O) groups excluding carboxylic acids is 2. The second-order valence-electron chi connectivity index (χ2n) is 8.40. The molecule has 3 aromatic carbocycles. The van der Waals surface area contributed by atoms with Crippen molar-refractivity contribution in [3.63, 3.8) is 0 Å². The number of hydrogen-bond acceptors (Lipinski definition) is 6. The Bertz CT molecular complexity index is 1380. The van der Waals surface area contributed by atoms with Crippen LogP contribution in [0.1, 0.15) is 12.0 Å². The minimum Gasteiger partial charge on any atom is -0.495 e. The van der Waals surface area contributed by atoms with Crippen molar-refractivity contribution in [2.45, 2.75) is 13.3 Å². The molecule has 0 spiro atoms. The van der Waals surface area contributed by atoms with Gasteiger partial charge in [-0.1, -0.05) is 59.3 Å². The van der Waals surface area contributed by atoms with Gasteiger partial charge in [-0.25, -0.2) is 0 Å². The Morgan fingerprint density at radius 1 is 1.06 bits per heavy atom. The number of aryl methyl sites for hydroxylation is 1. The summed E-state index contributed by atoms with van der Waals surface area (Å²) in [6, 6.07) is 22.4. The summed E-state index contributed by atoms with van der Waals surface area (Å²) < 4.78 is 10.9. The molecule has 1 saturated heterocycles. The molecule has 8 nitrogen and oxygen atoms in total. The number of benzene rings is 3. The van der Waals surface area contributed by atoms with E-state index in [1.54, 1.807) is 24.1 Å². The van der Waals surface area contributed by atoms with E-state index in [4.69, 9.17) is 9.26 Å². The third-order valence-electron chi connectivity index (χ3n) is 6.02. The van der Waals surface area contributed by atoms with Crippen LogP contribution in [0.4, 0.5) is 11.4 Å². The normalized spacial score (nSPS) is 15.3. The highest BCUT2D eigenvalue weighted by Crippen LogP contribution is 2.34. The number of aromatic nitrogens is 2. The maximum absolute atomic E-state index is 13.1. The summed E-state index contributed by atoms with van der Waals surface area (Å²) in [5.74, 6) is 0.480. The van der Waals surface area contributed by atoms with Gasteiger partial charge in [-0.05, 0) is 31.2 Å². The van der Waals surface area contributed by atoms with Crippen LogP contribution in [-0.2, 0) is 9.59 Å². The Kier molecular flexibility index (Phi) is 6.01. The molecule has 1 atom stereocenters. The monoisotopic (exact) mass is 468 g/mol. The lowest BCUT2D eigenvalue weighted by molar-refractivity contribution is -0.122. The standard InChI is InChI=1S/C27H24N4O4/c1-17-11-13-18(14-12-17)25-29-27(35-30-25)20-7-3-4-8-21(20)28-26(33)19-15-24(32)31(16-19)22-9-5-6-10-23(22)34-2/h3-14,19H,15-16H2,1-2H3,(H,28,33). The molecule has 1 fully saturated rings. The average Bonchev–Trinajstić information content (AvgIpc) is 3.52. The molecule has 35 heavy (non-hydrogen) atoms. The van der Waals surface area contributed by atoms with Crippen molar-refractivity contribution < 1.29 is 18.8 Å². The highest BCUT2D eigenvalue weighted by molar-refractivity contribution is 6.05. The summed E-state index contributed by atoms with van der Waals surface area (Å²) in [5, 5.41) is 7.05. The Hall–Kier alpha value is -4.46. The van der Waals surface area contributed by atoms with Crippen molar-refractivity contribution in [3.05, 3.63) is 78.4 Å². The smallest absolute Gasteiger partial charge is 0.260 e. The van der Waals surface area contributed by atoms with Crippen LogP contribution in [0, 0.1) is 12.8 Å². The summed E-state index contributed by atoms with van der Waals surface area (Å²) in [7, 11) is 1.56. The van der Waals surface area contributed by atoms with Crippen LogP contribution in [0.2, 0.25) is 0 Å². The molecule has 0 aliphatic carbocycles. The third kappa shape index (κ3) is 4.50. The van der Waals surface area contributed by atoms with Gasteiger partial charge in [0.05, 0.1) is 30.0 Å². The number of rotatable bonds is 6. The molecule has 2 amide bonds. The van der Waals surface area contributed by atoms with Gasteiger partial charge in [-0.2, -0.15) is 4.98 Å². The molecule has 1 aliphatic rings. The topological polar surface area (TPSA) is 97.6 Å². The van der Waals surface area contributed by atoms with Gasteiger partial charge in [0.2, 0.25) is 17.6 Å². The summed E-state index contributed by atoms with van der Waals surface area (Å²) in [6.45, 7) is 2.28. The molecule has 1 aliphatic heterocycles. The van der Waals surface area contributed by atoms with Gasteiger partial charge in [0, 0.05) is 18.5 Å². The molecule has 2 heterocycles. The molecule has 1 aromatic heterocycles. The number of nitrogens with zero attached hydrogens (tertiary/aromatic N) is 3. The van der Waals surface area contributed by atoms with Crippen molar-refractivity contribution >= 4 is 23.2 Å². The van der Waals surface area contributed by atoms with Crippen molar-refractivity contribution in [2.75, 3.05) is 23.9 Å². The lowest BCUT2D eigenvalue weighted by atomic mass is 10.1. The molecule has 1 N–H and O–H groups in total. The first-order valence-corrected chi connectivity index (χ1v) is 11.3. The minimum atomic E-state index is -0.508. The van der Waals surface area contributed by atoms with Crippen molar-refractivity contribution in [2.24, 2.45) is 5.92 Å². The van der Waals surface area contributed by atoms with Crippen molar-refractivity contribution in [1.29, 1.82) is 0 Å². The fourth-order valence-electron chi connectivity index (χ4n) is 4.13. The van der Waals surface area contributed by atoms with E-state index in [1.165, 1.54) is 0 Å². The molecule has 0 radical (unpaired) electrons. The number of hydrogen-bond donors (Lipinski definition) is 1. The first-order chi connectivity index (χ1) is 17.0. The first-order valence-electron chi connectivity index (χ1n) is 11.3. The second kappa shape index (κ2) is 9.42. The highest BCUT2D eigenvalue weighted by Gasteiger charge is 2.36. The van der Waals surface area contributed by atoms with E-state index in [2.05, 4.69) is 15.5 Å². The summed E-state index contributed by atoms with van der Waals surface area (Å²) in [6.07, 6.45) is 0.115. The van der Waals surface area contributed by atoms with Gasteiger partial charge in [0.15, 0.2) is 0 Å². The Balaban J connectivity index is 1.34. The molecule has 0 saturated carbocycles. The van der Waals surface area contributed by atoms with E-state index < -0.39 is 5.92 Å². The molecule has 176 valence electrons. The van der Waals surface area contributed by atoms with Crippen LogP contribution in [0.15, 0.2) is 77.3 Å². The quantitative estimate of drug-likeness (QED) is 0.440. The van der Waals surface area contributed by atoms with E-state index in [-0.39, 0.29) is 24.8 Å². The van der Waals surface area contributed by atoms with Gasteiger partial charge in [-0.3, -0.25) is 9.59 Å². The number of anilines is 2. The largest absolute Gasteiger partial charge is 0.495 e. The van der Waals surface area contributed by atoms with Crippen molar-refractivity contribution in [3.8, 4) is 28.6 Å². The van der Waals surface area contributed by atoms with Crippen LogP contribution in [0.3, 0.4) is 0 Å². The maximum atomic E-state index is 13.1. The molecule has 0 bridgehead atoms. The van der Waals surface area contributed by atoms with Crippen LogP contribution in [0.5, 0.6) is 5.75 Å². The number of nitrogens with one attached hydrogen (secondary N) is 1. The Morgan fingerprint density at radius 3 is 2.60 bits per heavy atom. The zero-order valence-electron chi connectivity index (χ0n) is 19.4. The Labute approximate surface area is 202 Å². The molecule has 8 heteroatoms. The van der Waals surface area contributed by atoms with Gasteiger partial charge < -0.3 is 19.5 Å². The minimum absolute atomic E-state index is 0.115. The first kappa shape index (κ1) is 22.3. The number of methoxy groups -OCH3 is 1. The number of carbonyl (C=O) groups is 2.